The lowest BCUT2D eigenvalue weighted by atomic mass is 9.97. The number of benzene rings is 1. The number of Topliss-reactive ketones (excluding diaryl/α,β-unsaturated/α-hetero) is 1. The smallest absolute Gasteiger partial charge is 0.184 e. The van der Waals surface area contributed by atoms with E-state index >= 15 is 0 Å². The summed E-state index contributed by atoms with van der Waals surface area (Å²) in [7, 11) is 1.54. The average Bonchev–Trinajstić information content (AvgIpc) is 2.54. The molecule has 1 aromatic rings. The van der Waals surface area contributed by atoms with E-state index in [1.807, 2.05) is 30.3 Å². The fourth-order valence-electron chi connectivity index (χ4n) is 2.59. The highest BCUT2D eigenvalue weighted by molar-refractivity contribution is 5.94. The number of methoxy groups -OCH3 is 1. The Morgan fingerprint density at radius 3 is 2.67 bits per heavy atom. The van der Waals surface area contributed by atoms with Crippen molar-refractivity contribution in [2.24, 2.45) is 0 Å². The van der Waals surface area contributed by atoms with Gasteiger partial charge in [-0.15, -0.1) is 0 Å². The van der Waals surface area contributed by atoms with E-state index in [0.29, 0.717) is 12.2 Å². The maximum Gasteiger partial charge on any atom is 0.184 e. The predicted molar refractivity (Wildman–Crippen MR) is 74.4 cm³/mol. The summed E-state index contributed by atoms with van der Waals surface area (Å²) in [6.45, 7) is 1.88. The Kier molecular flexibility index (Phi) is 4.17. The Balaban J connectivity index is 1.84. The predicted octanol–water partition coefficient (Wildman–Crippen LogP) is 1.99. The fourth-order valence-corrected chi connectivity index (χ4v) is 2.59. The molecule has 4 atom stereocenters. The van der Waals surface area contributed by atoms with Crippen LogP contribution < -0.4 is 0 Å². The Morgan fingerprint density at radius 1 is 1.24 bits per heavy atom. The van der Waals surface area contributed by atoms with Gasteiger partial charge < -0.3 is 18.9 Å². The van der Waals surface area contributed by atoms with Gasteiger partial charge in [0.05, 0.1) is 6.61 Å². The molecule has 5 nitrogen and oxygen atoms in total. The highest BCUT2D eigenvalue weighted by Gasteiger charge is 2.41. The van der Waals surface area contributed by atoms with E-state index in [1.165, 1.54) is 14.0 Å². The zero-order chi connectivity index (χ0) is 14.8. The standard InChI is InChI=1S/C16H18O5/c1-10(17)12-8-14(18-2)20-13-9-19-16(21-15(12)13)11-6-4-3-5-7-11/h3-8,13-16H,9H2,1-2H3/t13-,14+,15+,16-/m1/s1. The molecule has 0 aromatic heterocycles. The molecule has 112 valence electrons. The lowest BCUT2D eigenvalue weighted by molar-refractivity contribution is -0.283. The number of rotatable bonds is 3. The first-order chi connectivity index (χ1) is 10.2. The second-order valence-electron chi connectivity index (χ2n) is 5.09. The number of carbonyl (C=O) groups is 1. The fraction of sp³-hybridized carbons (Fsp3) is 0.438. The van der Waals surface area contributed by atoms with Crippen LogP contribution in [0.4, 0.5) is 0 Å². The quantitative estimate of drug-likeness (QED) is 0.852. The second-order valence-corrected chi connectivity index (χ2v) is 5.09. The monoisotopic (exact) mass is 290 g/mol. The van der Waals surface area contributed by atoms with E-state index in [9.17, 15) is 4.79 Å². The van der Waals surface area contributed by atoms with Crippen LogP contribution in [0.3, 0.4) is 0 Å². The highest BCUT2D eigenvalue weighted by atomic mass is 16.7. The van der Waals surface area contributed by atoms with Gasteiger partial charge in [0.1, 0.15) is 12.2 Å². The van der Waals surface area contributed by atoms with Crippen LogP contribution in [0, 0.1) is 0 Å². The molecule has 0 amide bonds. The third-order valence-corrected chi connectivity index (χ3v) is 3.66. The van der Waals surface area contributed by atoms with E-state index in [1.54, 1.807) is 6.08 Å². The van der Waals surface area contributed by atoms with Gasteiger partial charge in [0.2, 0.25) is 0 Å². The summed E-state index contributed by atoms with van der Waals surface area (Å²) in [6.07, 6.45) is -0.105. The van der Waals surface area contributed by atoms with Crippen molar-refractivity contribution >= 4 is 5.78 Å². The molecule has 5 heteroatoms. The average molecular weight is 290 g/mol. The molecule has 1 aromatic carbocycles. The van der Waals surface area contributed by atoms with Crippen LogP contribution in [0.5, 0.6) is 0 Å². The normalized spacial score (nSPS) is 32.2. The molecule has 0 aliphatic carbocycles. The zero-order valence-electron chi connectivity index (χ0n) is 12.0. The van der Waals surface area contributed by atoms with Gasteiger partial charge in [0.15, 0.2) is 18.4 Å². The van der Waals surface area contributed by atoms with Crippen molar-refractivity contribution < 1.29 is 23.7 Å². The summed E-state index contributed by atoms with van der Waals surface area (Å²) in [5.41, 5.74) is 1.51. The zero-order valence-corrected chi connectivity index (χ0v) is 12.0. The molecular formula is C16H18O5. The van der Waals surface area contributed by atoms with Crippen molar-refractivity contribution in [3.05, 3.63) is 47.5 Å². The first kappa shape index (κ1) is 14.4. The van der Waals surface area contributed by atoms with Crippen LogP contribution in [-0.4, -0.2) is 38.0 Å². The maximum absolute atomic E-state index is 11.9. The lowest BCUT2D eigenvalue weighted by Crippen LogP contribution is -2.49. The number of hydrogen-bond donors (Lipinski definition) is 0. The Labute approximate surface area is 123 Å². The largest absolute Gasteiger partial charge is 0.352 e. The number of ketones is 1. The van der Waals surface area contributed by atoms with E-state index in [-0.39, 0.29) is 11.9 Å². The number of fused-ring (bicyclic) bond motifs is 1. The summed E-state index contributed by atoms with van der Waals surface area (Å²) in [5.74, 6) is -0.0379. The molecule has 1 saturated heterocycles. The number of hydrogen-bond acceptors (Lipinski definition) is 5. The van der Waals surface area contributed by atoms with Crippen molar-refractivity contribution in [2.45, 2.75) is 31.7 Å². The van der Waals surface area contributed by atoms with Gasteiger partial charge in [-0.1, -0.05) is 30.3 Å². The summed E-state index contributed by atoms with van der Waals surface area (Å²) in [5, 5.41) is 0. The van der Waals surface area contributed by atoms with Crippen LogP contribution in [0.15, 0.2) is 42.0 Å². The molecule has 0 N–H and O–H groups in total. The molecule has 21 heavy (non-hydrogen) atoms. The Bertz CT molecular complexity index is 539. The minimum absolute atomic E-state index is 0.0379. The van der Waals surface area contributed by atoms with Crippen LogP contribution in [0.25, 0.3) is 0 Å². The lowest BCUT2D eigenvalue weighted by Gasteiger charge is -2.41. The third kappa shape index (κ3) is 2.91. The summed E-state index contributed by atoms with van der Waals surface area (Å²) < 4.78 is 22.5. The summed E-state index contributed by atoms with van der Waals surface area (Å²) >= 11 is 0. The Morgan fingerprint density at radius 2 is 2.00 bits per heavy atom. The SMILES string of the molecule is CO[C@@H]1C=C(C(C)=O)[C@@H]2O[C@H](c3ccccc3)OC[C@H]2O1. The Hall–Kier alpha value is -1.53. The minimum Gasteiger partial charge on any atom is -0.352 e. The molecule has 0 bridgehead atoms. The molecule has 2 aliphatic heterocycles. The molecule has 0 spiro atoms. The summed E-state index contributed by atoms with van der Waals surface area (Å²) in [6, 6.07) is 9.65. The van der Waals surface area contributed by atoms with Crippen molar-refractivity contribution in [3.63, 3.8) is 0 Å². The van der Waals surface area contributed by atoms with Crippen LogP contribution >= 0.6 is 0 Å². The highest BCUT2D eigenvalue weighted by Crippen LogP contribution is 2.34. The molecule has 0 radical (unpaired) electrons. The van der Waals surface area contributed by atoms with Gasteiger partial charge in [-0.3, -0.25) is 4.79 Å². The summed E-state index contributed by atoms with van der Waals surface area (Å²) in [4.78, 5) is 11.9. The molecular weight excluding hydrogens is 272 g/mol. The van der Waals surface area contributed by atoms with E-state index in [4.69, 9.17) is 18.9 Å². The molecule has 2 heterocycles. The third-order valence-electron chi connectivity index (χ3n) is 3.66. The van der Waals surface area contributed by atoms with E-state index < -0.39 is 18.7 Å². The minimum atomic E-state index is -0.536. The van der Waals surface area contributed by atoms with Crippen molar-refractivity contribution in [3.8, 4) is 0 Å². The second kappa shape index (κ2) is 6.07. The molecule has 2 aliphatic rings. The van der Waals surface area contributed by atoms with Crippen LogP contribution in [0.2, 0.25) is 0 Å². The topological polar surface area (TPSA) is 54.0 Å². The first-order valence-corrected chi connectivity index (χ1v) is 6.92. The van der Waals surface area contributed by atoms with Gasteiger partial charge >= 0.3 is 0 Å². The first-order valence-electron chi connectivity index (χ1n) is 6.92. The molecule has 1 fully saturated rings. The van der Waals surface area contributed by atoms with E-state index in [0.717, 1.165) is 5.56 Å². The molecule has 0 unspecified atom stereocenters. The molecule has 0 saturated carbocycles. The van der Waals surface area contributed by atoms with Crippen molar-refractivity contribution in [1.29, 1.82) is 0 Å². The van der Waals surface area contributed by atoms with Gasteiger partial charge in [-0.2, -0.15) is 0 Å². The van der Waals surface area contributed by atoms with Crippen molar-refractivity contribution in [2.75, 3.05) is 13.7 Å². The number of carbonyl (C=O) groups excluding carboxylic acids is 1. The van der Waals surface area contributed by atoms with Gasteiger partial charge in [-0.25, -0.2) is 0 Å². The van der Waals surface area contributed by atoms with Gasteiger partial charge in [0, 0.05) is 18.2 Å². The van der Waals surface area contributed by atoms with Crippen LogP contribution in [-0.2, 0) is 23.7 Å². The van der Waals surface area contributed by atoms with Gasteiger partial charge in [0.25, 0.3) is 0 Å². The molecule has 3 rings (SSSR count). The van der Waals surface area contributed by atoms with Crippen molar-refractivity contribution in [1.82, 2.24) is 0 Å². The maximum atomic E-state index is 11.9. The number of ether oxygens (including phenoxy) is 4. The van der Waals surface area contributed by atoms with Crippen LogP contribution in [0.1, 0.15) is 18.8 Å². The van der Waals surface area contributed by atoms with E-state index in [2.05, 4.69) is 0 Å². The van der Waals surface area contributed by atoms with Gasteiger partial charge in [-0.05, 0) is 13.0 Å².